The number of amides is 3. The number of fused-ring (bicyclic) bond motifs is 1. The van der Waals surface area contributed by atoms with Crippen LogP contribution in [0.5, 0.6) is 0 Å². The lowest BCUT2D eigenvalue weighted by molar-refractivity contribution is -0.126. The van der Waals surface area contributed by atoms with E-state index in [1.54, 1.807) is 6.07 Å². The van der Waals surface area contributed by atoms with Crippen molar-refractivity contribution >= 4 is 22.0 Å². The van der Waals surface area contributed by atoms with E-state index >= 15 is 0 Å². The Labute approximate surface area is 188 Å². The van der Waals surface area contributed by atoms with E-state index in [-0.39, 0.29) is 13.1 Å². The van der Waals surface area contributed by atoms with Crippen molar-refractivity contribution < 1.29 is 18.0 Å². The molecule has 1 unspecified atom stereocenters. The molecule has 0 saturated carbocycles. The van der Waals surface area contributed by atoms with Gasteiger partial charge in [-0.3, -0.25) is 15.0 Å². The number of nitrogens with one attached hydrogen (secondary N) is 1. The number of sulfonamides is 1. The quantitative estimate of drug-likeness (QED) is 0.713. The molecule has 2 aromatic carbocycles. The molecule has 1 aliphatic carbocycles. The molecule has 8 nitrogen and oxygen atoms in total. The van der Waals surface area contributed by atoms with Crippen molar-refractivity contribution in [2.24, 2.45) is 5.73 Å². The molecule has 0 radical (unpaired) electrons. The third-order valence-electron chi connectivity index (χ3n) is 6.21. The highest BCUT2D eigenvalue weighted by molar-refractivity contribution is 7.89. The van der Waals surface area contributed by atoms with Gasteiger partial charge in [-0.25, -0.2) is 13.2 Å². The molecule has 0 aromatic heterocycles. The van der Waals surface area contributed by atoms with Crippen LogP contribution in [-0.4, -0.2) is 55.7 Å². The summed E-state index contributed by atoms with van der Waals surface area (Å²) in [5, 5.41) is 2.16. The molecule has 2 aromatic rings. The first-order chi connectivity index (χ1) is 15.4. The Bertz CT molecular complexity index is 1100. The number of primary amides is 1. The predicted molar refractivity (Wildman–Crippen MR) is 120 cm³/mol. The fraction of sp³-hybridized carbons (Fsp3) is 0.391. The van der Waals surface area contributed by atoms with Gasteiger partial charge in [0.1, 0.15) is 6.04 Å². The predicted octanol–water partition coefficient (Wildman–Crippen LogP) is 1.81. The molecule has 1 aliphatic heterocycles. The van der Waals surface area contributed by atoms with Gasteiger partial charge >= 0.3 is 6.03 Å². The van der Waals surface area contributed by atoms with Crippen LogP contribution in [0.2, 0.25) is 0 Å². The average Bonchev–Trinajstić information content (AvgIpc) is 2.79. The number of hydrogen-bond acceptors (Lipinski definition) is 5. The Kier molecular flexibility index (Phi) is 6.59. The van der Waals surface area contributed by atoms with Gasteiger partial charge in [0.15, 0.2) is 0 Å². The lowest BCUT2D eigenvalue weighted by Crippen LogP contribution is -2.53. The van der Waals surface area contributed by atoms with Crippen LogP contribution >= 0.6 is 0 Å². The van der Waals surface area contributed by atoms with Crippen LogP contribution in [0.3, 0.4) is 0 Å². The van der Waals surface area contributed by atoms with E-state index in [0.29, 0.717) is 18.0 Å². The Morgan fingerprint density at radius 3 is 2.22 bits per heavy atom. The Balaban J connectivity index is 1.50. The van der Waals surface area contributed by atoms with Crippen LogP contribution in [0.4, 0.5) is 4.79 Å². The summed E-state index contributed by atoms with van der Waals surface area (Å²) in [5.41, 5.74) is 8.24. The highest BCUT2D eigenvalue weighted by Gasteiger charge is 2.35. The van der Waals surface area contributed by atoms with Gasteiger partial charge in [0.25, 0.3) is 0 Å². The summed E-state index contributed by atoms with van der Waals surface area (Å²) in [5.74, 6) is -0.519. The van der Waals surface area contributed by atoms with E-state index in [1.165, 1.54) is 9.87 Å². The lowest BCUT2D eigenvalue weighted by Gasteiger charge is -2.38. The molecule has 1 saturated heterocycles. The second-order valence-electron chi connectivity index (χ2n) is 8.24. The van der Waals surface area contributed by atoms with Gasteiger partial charge in [0.05, 0.1) is 4.90 Å². The summed E-state index contributed by atoms with van der Waals surface area (Å²) in [6.45, 7) is 1.23. The van der Waals surface area contributed by atoms with E-state index in [1.807, 2.05) is 47.4 Å². The topological polar surface area (TPSA) is 113 Å². The van der Waals surface area contributed by atoms with Crippen LogP contribution in [-0.2, 0) is 27.7 Å². The van der Waals surface area contributed by atoms with Gasteiger partial charge in [0.2, 0.25) is 15.9 Å². The van der Waals surface area contributed by atoms with Crippen molar-refractivity contribution in [1.82, 2.24) is 14.5 Å². The first-order valence-electron chi connectivity index (χ1n) is 10.9. The monoisotopic (exact) mass is 456 g/mol. The zero-order chi connectivity index (χ0) is 22.7. The van der Waals surface area contributed by atoms with Gasteiger partial charge in [0, 0.05) is 26.2 Å². The van der Waals surface area contributed by atoms with Gasteiger partial charge in [-0.05, 0) is 54.5 Å². The highest BCUT2D eigenvalue weighted by atomic mass is 32.2. The summed E-state index contributed by atoms with van der Waals surface area (Å²) in [4.78, 5) is 26.2. The van der Waals surface area contributed by atoms with Crippen molar-refractivity contribution in [1.29, 1.82) is 0 Å². The van der Waals surface area contributed by atoms with E-state index in [9.17, 15) is 18.0 Å². The normalized spacial score (nSPS) is 18.5. The summed E-state index contributed by atoms with van der Waals surface area (Å²) < 4.78 is 28.0. The molecular weight excluding hydrogens is 428 g/mol. The zero-order valence-corrected chi connectivity index (χ0v) is 18.7. The van der Waals surface area contributed by atoms with Crippen molar-refractivity contribution in [3.8, 4) is 0 Å². The lowest BCUT2D eigenvalue weighted by atomic mass is 9.92. The number of carbonyl (C=O) groups is 2. The van der Waals surface area contributed by atoms with Gasteiger partial charge in [-0.1, -0.05) is 36.4 Å². The molecule has 3 N–H and O–H groups in total. The van der Waals surface area contributed by atoms with Crippen molar-refractivity contribution in [3.63, 3.8) is 0 Å². The number of carbonyl (C=O) groups excluding carboxylic acids is 2. The second-order valence-corrected chi connectivity index (χ2v) is 10.2. The number of nitrogens with two attached hydrogens (primary N) is 1. The third kappa shape index (κ3) is 4.69. The van der Waals surface area contributed by atoms with Crippen LogP contribution < -0.4 is 11.1 Å². The number of rotatable bonds is 5. The number of imide groups is 1. The van der Waals surface area contributed by atoms with Gasteiger partial charge < -0.3 is 5.73 Å². The second kappa shape index (κ2) is 9.40. The summed E-state index contributed by atoms with van der Waals surface area (Å²) in [6, 6.07) is 12.9. The maximum Gasteiger partial charge on any atom is 0.318 e. The molecule has 32 heavy (non-hydrogen) atoms. The molecule has 0 spiro atoms. The molecule has 1 atom stereocenters. The number of urea groups is 1. The molecule has 2 aliphatic rings. The number of nitrogens with zero attached hydrogens (tertiary/aromatic N) is 2. The van der Waals surface area contributed by atoms with Crippen LogP contribution in [0.25, 0.3) is 0 Å². The first kappa shape index (κ1) is 22.4. The molecule has 4 rings (SSSR count). The van der Waals surface area contributed by atoms with Crippen molar-refractivity contribution in [2.75, 3.05) is 26.2 Å². The molecule has 170 valence electrons. The molecule has 1 fully saturated rings. The Morgan fingerprint density at radius 2 is 1.56 bits per heavy atom. The minimum atomic E-state index is -3.62. The minimum absolute atomic E-state index is 0.257. The minimum Gasteiger partial charge on any atom is -0.351 e. The maximum absolute atomic E-state index is 13.3. The van der Waals surface area contributed by atoms with Gasteiger partial charge in [-0.15, -0.1) is 0 Å². The van der Waals surface area contributed by atoms with E-state index in [4.69, 9.17) is 5.73 Å². The third-order valence-corrected chi connectivity index (χ3v) is 8.10. The summed E-state index contributed by atoms with van der Waals surface area (Å²) >= 11 is 0. The van der Waals surface area contributed by atoms with Crippen LogP contribution in [0, 0.1) is 0 Å². The van der Waals surface area contributed by atoms with Crippen LogP contribution in [0.15, 0.2) is 53.4 Å². The van der Waals surface area contributed by atoms with Crippen molar-refractivity contribution in [2.45, 2.75) is 36.6 Å². The highest BCUT2D eigenvalue weighted by Crippen LogP contribution is 2.28. The first-order valence-corrected chi connectivity index (χ1v) is 12.3. The molecule has 1 heterocycles. The fourth-order valence-electron chi connectivity index (χ4n) is 4.57. The largest absolute Gasteiger partial charge is 0.351 e. The summed E-state index contributed by atoms with van der Waals surface area (Å²) in [7, 11) is -3.62. The zero-order valence-electron chi connectivity index (χ0n) is 17.9. The van der Waals surface area contributed by atoms with Gasteiger partial charge in [-0.2, -0.15) is 4.31 Å². The number of benzene rings is 2. The number of aryl methyl sites for hydroxylation is 2. The summed E-state index contributed by atoms with van der Waals surface area (Å²) in [6.07, 6.45) is 4.15. The van der Waals surface area contributed by atoms with Crippen LogP contribution in [0.1, 0.15) is 35.6 Å². The Morgan fingerprint density at radius 1 is 0.906 bits per heavy atom. The molecular formula is C23H28N4O4S. The standard InChI is InChI=1S/C23H28N4O4S/c24-23(29)25-22(28)21(18-7-2-1-3-8-18)26-12-14-27(15-13-26)32(30,31)20-11-10-17-6-4-5-9-19(17)16-20/h1-3,7-8,10-11,16,21H,4-6,9,12-15H2,(H3,24,25,28,29). The Hall–Kier alpha value is -2.75. The molecule has 9 heteroatoms. The van der Waals surface area contributed by atoms with E-state index in [0.717, 1.165) is 36.8 Å². The molecule has 0 bridgehead atoms. The van der Waals surface area contributed by atoms with Crippen molar-refractivity contribution in [3.05, 3.63) is 65.2 Å². The average molecular weight is 457 g/mol. The maximum atomic E-state index is 13.3. The number of hydrogen-bond donors (Lipinski definition) is 2. The smallest absolute Gasteiger partial charge is 0.318 e. The van der Waals surface area contributed by atoms with E-state index in [2.05, 4.69) is 5.32 Å². The van der Waals surface area contributed by atoms with E-state index < -0.39 is 28.0 Å². The fourth-order valence-corrected chi connectivity index (χ4v) is 6.05. The number of piperazine rings is 1. The SMILES string of the molecule is NC(=O)NC(=O)C(c1ccccc1)N1CCN(S(=O)(=O)c2ccc3c(c2)CCCC3)CC1. The molecule has 3 amide bonds.